The maximum absolute atomic E-state index is 13.3. The summed E-state index contributed by atoms with van der Waals surface area (Å²) < 4.78 is 39.9. The second-order valence-electron chi connectivity index (χ2n) is 8.81. The Morgan fingerprint density at radius 1 is 0.951 bits per heavy atom. The Kier molecular flexibility index (Phi) is 9.48. The Morgan fingerprint density at radius 3 is 2.27 bits per heavy atom. The number of nitrogens with zero attached hydrogens (tertiary/aromatic N) is 3. The van der Waals surface area contributed by atoms with Gasteiger partial charge in [-0.3, -0.25) is 9.59 Å². The number of thiazole rings is 1. The highest BCUT2D eigenvalue weighted by atomic mass is 32.2. The lowest BCUT2D eigenvalue weighted by atomic mass is 10.2. The van der Waals surface area contributed by atoms with Crippen LogP contribution in [0.4, 0.5) is 0 Å². The molecular weight excluding hydrogens is 566 g/mol. The fourth-order valence-corrected chi connectivity index (χ4v) is 6.57. The first kappa shape index (κ1) is 29.8. The molecule has 0 aliphatic rings. The molecule has 0 aliphatic carbocycles. The van der Waals surface area contributed by atoms with E-state index in [1.807, 2.05) is 30.3 Å². The summed E-state index contributed by atoms with van der Waals surface area (Å²) in [5.74, 6) is -1.66. The summed E-state index contributed by atoms with van der Waals surface area (Å²) in [6.45, 7) is 3.99. The van der Waals surface area contributed by atoms with Crippen LogP contribution in [0.3, 0.4) is 0 Å². The second-order valence-corrected chi connectivity index (χ2v) is 11.8. The van der Waals surface area contributed by atoms with Crippen LogP contribution in [0, 0.1) is 0 Å². The van der Waals surface area contributed by atoms with Gasteiger partial charge in [0.15, 0.2) is 4.80 Å². The van der Waals surface area contributed by atoms with Crippen LogP contribution in [-0.4, -0.2) is 55.4 Å². The minimum atomic E-state index is -3.81. The fourth-order valence-electron chi connectivity index (χ4n) is 4.07. The molecule has 214 valence electrons. The normalized spacial score (nSPS) is 12.0. The molecule has 3 aromatic carbocycles. The standard InChI is InChI=1S/C29H29N3O7S2/c1-4-31(18-20-9-7-6-8-10-20)41(36,37)23-14-11-21(12-15-23)27(34)30-29-32(19-26(33)38-3)24-16-13-22(17-25(24)40-29)28(35)39-5-2/h6-17H,4-5,18-19H2,1-3H3. The number of hydrogen-bond donors (Lipinski definition) is 0. The summed E-state index contributed by atoms with van der Waals surface area (Å²) in [7, 11) is -2.55. The summed E-state index contributed by atoms with van der Waals surface area (Å²) >= 11 is 1.12. The summed E-state index contributed by atoms with van der Waals surface area (Å²) in [6, 6.07) is 19.7. The van der Waals surface area contributed by atoms with Gasteiger partial charge in [-0.15, -0.1) is 0 Å². The van der Waals surface area contributed by atoms with Gasteiger partial charge in [0.05, 0.1) is 34.4 Å². The number of amides is 1. The molecule has 0 radical (unpaired) electrons. The topological polar surface area (TPSA) is 124 Å². The lowest BCUT2D eigenvalue weighted by Crippen LogP contribution is -2.30. The molecule has 0 fully saturated rings. The Morgan fingerprint density at radius 2 is 1.63 bits per heavy atom. The largest absolute Gasteiger partial charge is 0.468 e. The zero-order valence-electron chi connectivity index (χ0n) is 22.8. The van der Waals surface area contributed by atoms with Crippen molar-refractivity contribution in [2.45, 2.75) is 31.8 Å². The molecule has 0 atom stereocenters. The zero-order valence-corrected chi connectivity index (χ0v) is 24.4. The van der Waals surface area contributed by atoms with Gasteiger partial charge in [0.1, 0.15) is 6.54 Å². The Hall–Kier alpha value is -4.13. The number of carbonyl (C=O) groups excluding carboxylic acids is 3. The average molecular weight is 596 g/mol. The van der Waals surface area contributed by atoms with Crippen molar-refractivity contribution in [1.29, 1.82) is 0 Å². The van der Waals surface area contributed by atoms with E-state index in [1.54, 1.807) is 32.0 Å². The first-order valence-electron chi connectivity index (χ1n) is 12.8. The number of ether oxygens (including phenoxy) is 2. The monoisotopic (exact) mass is 595 g/mol. The van der Waals surface area contributed by atoms with Crippen molar-refractivity contribution in [3.05, 3.63) is 94.3 Å². The van der Waals surface area contributed by atoms with Gasteiger partial charge in [-0.05, 0) is 55.0 Å². The summed E-state index contributed by atoms with van der Waals surface area (Å²) in [5, 5.41) is 0. The molecule has 4 aromatic rings. The van der Waals surface area contributed by atoms with Crippen molar-refractivity contribution in [2.24, 2.45) is 4.99 Å². The molecule has 0 saturated carbocycles. The zero-order chi connectivity index (χ0) is 29.6. The van der Waals surface area contributed by atoms with Gasteiger partial charge in [0, 0.05) is 18.7 Å². The number of sulfonamides is 1. The highest BCUT2D eigenvalue weighted by molar-refractivity contribution is 7.89. The molecule has 10 nitrogen and oxygen atoms in total. The van der Waals surface area contributed by atoms with E-state index in [2.05, 4.69) is 4.99 Å². The minimum Gasteiger partial charge on any atom is -0.468 e. The molecule has 0 saturated heterocycles. The van der Waals surface area contributed by atoms with E-state index in [0.29, 0.717) is 15.8 Å². The lowest BCUT2D eigenvalue weighted by molar-refractivity contribution is -0.141. The molecule has 12 heteroatoms. The van der Waals surface area contributed by atoms with Crippen LogP contribution in [0.15, 0.2) is 82.7 Å². The average Bonchev–Trinajstić information content (AvgIpc) is 3.31. The molecular formula is C29H29N3O7S2. The van der Waals surface area contributed by atoms with Crippen LogP contribution in [0.1, 0.15) is 40.1 Å². The quantitative estimate of drug-likeness (QED) is 0.254. The molecule has 0 unspecified atom stereocenters. The van der Waals surface area contributed by atoms with E-state index in [0.717, 1.165) is 16.9 Å². The molecule has 41 heavy (non-hydrogen) atoms. The first-order valence-corrected chi connectivity index (χ1v) is 15.0. The van der Waals surface area contributed by atoms with Crippen molar-refractivity contribution in [1.82, 2.24) is 8.87 Å². The summed E-state index contributed by atoms with van der Waals surface area (Å²) in [5.41, 5.74) is 1.94. The van der Waals surface area contributed by atoms with Crippen LogP contribution < -0.4 is 4.80 Å². The molecule has 1 aromatic heterocycles. The number of benzene rings is 3. The Balaban J connectivity index is 1.65. The van der Waals surface area contributed by atoms with Gasteiger partial charge < -0.3 is 14.0 Å². The van der Waals surface area contributed by atoms with E-state index in [-0.39, 0.29) is 41.5 Å². The molecule has 1 heterocycles. The van der Waals surface area contributed by atoms with E-state index < -0.39 is 27.9 Å². The maximum atomic E-state index is 13.3. The van der Waals surface area contributed by atoms with Gasteiger partial charge in [0.25, 0.3) is 5.91 Å². The van der Waals surface area contributed by atoms with Crippen molar-refractivity contribution in [3.63, 3.8) is 0 Å². The van der Waals surface area contributed by atoms with E-state index in [4.69, 9.17) is 9.47 Å². The predicted octanol–water partition coefficient (Wildman–Crippen LogP) is 4.00. The van der Waals surface area contributed by atoms with Crippen LogP contribution >= 0.6 is 11.3 Å². The molecule has 0 spiro atoms. The van der Waals surface area contributed by atoms with E-state index in [9.17, 15) is 22.8 Å². The van der Waals surface area contributed by atoms with Gasteiger partial charge >= 0.3 is 11.9 Å². The van der Waals surface area contributed by atoms with Crippen LogP contribution in [0.5, 0.6) is 0 Å². The molecule has 0 N–H and O–H groups in total. The number of methoxy groups -OCH3 is 1. The minimum absolute atomic E-state index is 0.0564. The summed E-state index contributed by atoms with van der Waals surface area (Å²) in [4.78, 5) is 41.9. The lowest BCUT2D eigenvalue weighted by Gasteiger charge is -2.20. The van der Waals surface area contributed by atoms with Gasteiger partial charge in [0.2, 0.25) is 10.0 Å². The van der Waals surface area contributed by atoms with Crippen LogP contribution in [0.2, 0.25) is 0 Å². The predicted molar refractivity (Wildman–Crippen MR) is 154 cm³/mol. The molecule has 1 amide bonds. The number of aromatic nitrogens is 1. The Labute approximate surface area is 241 Å². The van der Waals surface area contributed by atoms with E-state index >= 15 is 0 Å². The fraction of sp³-hybridized carbons (Fsp3) is 0.241. The van der Waals surface area contributed by atoms with Gasteiger partial charge in [-0.25, -0.2) is 13.2 Å². The van der Waals surface area contributed by atoms with Crippen molar-refractivity contribution in [3.8, 4) is 0 Å². The summed E-state index contributed by atoms with van der Waals surface area (Å²) in [6.07, 6.45) is 0. The van der Waals surface area contributed by atoms with Gasteiger partial charge in [-0.2, -0.15) is 9.30 Å². The number of fused-ring (bicyclic) bond motifs is 1. The first-order chi connectivity index (χ1) is 19.7. The number of carbonyl (C=O) groups is 3. The highest BCUT2D eigenvalue weighted by Gasteiger charge is 2.24. The SMILES string of the molecule is CCOC(=O)c1ccc2c(c1)sc(=NC(=O)c1ccc(S(=O)(=O)N(CC)Cc3ccccc3)cc1)n2CC(=O)OC. The molecule has 0 aliphatic heterocycles. The smallest absolute Gasteiger partial charge is 0.338 e. The second kappa shape index (κ2) is 13.0. The van der Waals surface area contributed by atoms with Crippen molar-refractivity contribution >= 4 is 49.4 Å². The third kappa shape index (κ3) is 6.79. The Bertz CT molecular complexity index is 1740. The van der Waals surface area contributed by atoms with E-state index in [1.165, 1.54) is 40.2 Å². The maximum Gasteiger partial charge on any atom is 0.338 e. The third-order valence-corrected chi connectivity index (χ3v) is 9.18. The van der Waals surface area contributed by atoms with Crippen LogP contribution in [0.25, 0.3) is 10.2 Å². The van der Waals surface area contributed by atoms with Crippen LogP contribution in [-0.2, 0) is 37.4 Å². The molecule has 0 bridgehead atoms. The third-order valence-electron chi connectivity index (χ3n) is 6.20. The van der Waals surface area contributed by atoms with Crippen molar-refractivity contribution in [2.75, 3.05) is 20.3 Å². The van der Waals surface area contributed by atoms with Gasteiger partial charge in [-0.1, -0.05) is 48.6 Å². The number of hydrogen-bond acceptors (Lipinski definition) is 8. The molecule has 4 rings (SSSR count). The number of rotatable bonds is 10. The van der Waals surface area contributed by atoms with Crippen molar-refractivity contribution < 1.29 is 32.3 Å². The number of esters is 2. The highest BCUT2D eigenvalue weighted by Crippen LogP contribution is 2.22.